The number of alkyl halides is 2. The van der Waals surface area contributed by atoms with Crippen molar-refractivity contribution in [3.8, 4) is 5.75 Å². The van der Waals surface area contributed by atoms with Crippen LogP contribution in [0.4, 0.5) is 19.4 Å². The van der Waals surface area contributed by atoms with E-state index in [-0.39, 0.29) is 35.6 Å². The van der Waals surface area contributed by atoms with Crippen molar-refractivity contribution in [2.75, 3.05) is 11.5 Å². The predicted molar refractivity (Wildman–Crippen MR) is 120 cm³/mol. The van der Waals surface area contributed by atoms with Gasteiger partial charge in [0, 0.05) is 12.5 Å². The lowest BCUT2D eigenvalue weighted by molar-refractivity contribution is -0.0618. The van der Waals surface area contributed by atoms with Crippen LogP contribution >= 0.6 is 11.6 Å². The maximum Gasteiger partial charge on any atom is 0.416 e. The molecule has 180 valence electrons. The third kappa shape index (κ3) is 6.74. The van der Waals surface area contributed by atoms with E-state index in [9.17, 15) is 13.6 Å². The quantitative estimate of drug-likeness (QED) is 0.454. The highest BCUT2D eigenvalue weighted by molar-refractivity contribution is 6.29. The van der Waals surface area contributed by atoms with E-state index >= 15 is 0 Å². The average Bonchev–Trinajstić information content (AvgIpc) is 3.08. The molecule has 1 aromatic heterocycles. The van der Waals surface area contributed by atoms with Crippen LogP contribution in [0, 0.1) is 0 Å². The molecular formula is C23H28ClF2N3O4. The fraction of sp³-hybridized carbons (Fsp3) is 0.522. The molecule has 0 bridgehead atoms. The number of benzene rings is 1. The molecule has 1 saturated heterocycles. The molecule has 1 aliphatic heterocycles. The summed E-state index contributed by atoms with van der Waals surface area (Å²) in [6, 6.07) is 7.57. The van der Waals surface area contributed by atoms with Crippen LogP contribution in [0.25, 0.3) is 0 Å². The van der Waals surface area contributed by atoms with E-state index in [0.717, 1.165) is 5.56 Å². The summed E-state index contributed by atoms with van der Waals surface area (Å²) in [5.74, 6) is 0.837. The van der Waals surface area contributed by atoms with Crippen molar-refractivity contribution in [3.05, 3.63) is 46.9 Å². The van der Waals surface area contributed by atoms with Gasteiger partial charge in [0.1, 0.15) is 35.2 Å². The summed E-state index contributed by atoms with van der Waals surface area (Å²) in [4.78, 5) is 22.8. The monoisotopic (exact) mass is 483 g/mol. The van der Waals surface area contributed by atoms with Crippen LogP contribution in [-0.4, -0.2) is 47.0 Å². The zero-order valence-electron chi connectivity index (χ0n) is 19.2. The third-order valence-corrected chi connectivity index (χ3v) is 5.32. The SMILES string of the molecule is C[C@H](Cc1nc(Cl)cc(N2C(=O)OC[C@@H]2[C@@H](C)OC(C)(C)C)n1)c1ccc(OC(F)F)cc1. The third-order valence-electron chi connectivity index (χ3n) is 5.12. The normalized spacial score (nSPS) is 18.4. The second kappa shape index (κ2) is 10.2. The number of halogens is 3. The smallest absolute Gasteiger partial charge is 0.416 e. The van der Waals surface area contributed by atoms with Gasteiger partial charge in [-0.25, -0.2) is 14.8 Å². The first-order valence-corrected chi connectivity index (χ1v) is 11.0. The number of amides is 1. The summed E-state index contributed by atoms with van der Waals surface area (Å²) in [6.45, 7) is 6.98. The molecule has 10 heteroatoms. The Morgan fingerprint density at radius 1 is 1.21 bits per heavy atom. The van der Waals surface area contributed by atoms with Crippen molar-refractivity contribution in [2.45, 2.75) is 71.3 Å². The van der Waals surface area contributed by atoms with Gasteiger partial charge in [-0.05, 0) is 51.3 Å². The first kappa shape index (κ1) is 25.1. The lowest BCUT2D eigenvalue weighted by atomic mass is 9.97. The Hall–Kier alpha value is -2.52. The van der Waals surface area contributed by atoms with Crippen LogP contribution in [-0.2, 0) is 15.9 Å². The number of rotatable bonds is 8. The standard InChI is InChI=1S/C23H28ClF2N3O4/c1-13(15-6-8-16(9-7-15)32-21(25)26)10-19-27-18(24)11-20(28-19)29-17(12-31-22(29)30)14(2)33-23(3,4)5/h6-9,11,13-14,17,21H,10,12H2,1-5H3/t13-,14-,17-/m1/s1. The minimum absolute atomic E-state index is 0.0404. The molecule has 1 amide bonds. The van der Waals surface area contributed by atoms with Crippen molar-refractivity contribution < 1.29 is 27.8 Å². The Labute approximate surface area is 197 Å². The van der Waals surface area contributed by atoms with E-state index in [1.54, 1.807) is 12.1 Å². The van der Waals surface area contributed by atoms with E-state index in [4.69, 9.17) is 21.1 Å². The number of hydrogen-bond donors (Lipinski definition) is 0. The van der Waals surface area contributed by atoms with Crippen molar-refractivity contribution in [3.63, 3.8) is 0 Å². The van der Waals surface area contributed by atoms with Crippen molar-refractivity contribution in [1.82, 2.24) is 9.97 Å². The van der Waals surface area contributed by atoms with E-state index in [2.05, 4.69) is 14.7 Å². The first-order chi connectivity index (χ1) is 15.4. The number of hydrogen-bond acceptors (Lipinski definition) is 6. The maximum absolute atomic E-state index is 12.5. The van der Waals surface area contributed by atoms with Gasteiger partial charge < -0.3 is 14.2 Å². The van der Waals surface area contributed by atoms with Crippen molar-refractivity contribution in [1.29, 1.82) is 0 Å². The van der Waals surface area contributed by atoms with Gasteiger partial charge in [0.2, 0.25) is 0 Å². The van der Waals surface area contributed by atoms with Crippen LogP contribution in [0.2, 0.25) is 5.15 Å². The highest BCUT2D eigenvalue weighted by Crippen LogP contribution is 2.29. The highest BCUT2D eigenvalue weighted by Gasteiger charge is 2.40. The first-order valence-electron chi connectivity index (χ1n) is 10.6. The molecule has 33 heavy (non-hydrogen) atoms. The number of carbonyl (C=O) groups excluding carboxylic acids is 1. The van der Waals surface area contributed by atoms with Gasteiger partial charge in [-0.2, -0.15) is 8.78 Å². The predicted octanol–water partition coefficient (Wildman–Crippen LogP) is 5.61. The van der Waals surface area contributed by atoms with Crippen LogP contribution in [0.1, 0.15) is 51.9 Å². The molecule has 3 atom stereocenters. The van der Waals surface area contributed by atoms with Crippen LogP contribution < -0.4 is 9.64 Å². The molecule has 0 radical (unpaired) electrons. The van der Waals surface area contributed by atoms with Gasteiger partial charge in [-0.3, -0.25) is 4.90 Å². The molecule has 2 heterocycles. The summed E-state index contributed by atoms with van der Waals surface area (Å²) in [5.41, 5.74) is 0.503. The Morgan fingerprint density at radius 2 is 1.88 bits per heavy atom. The van der Waals surface area contributed by atoms with Gasteiger partial charge in [-0.15, -0.1) is 0 Å². The summed E-state index contributed by atoms with van der Waals surface area (Å²) >= 11 is 6.26. The molecule has 0 N–H and O–H groups in total. The molecule has 2 aromatic rings. The number of ether oxygens (including phenoxy) is 3. The van der Waals surface area contributed by atoms with Crippen LogP contribution in [0.3, 0.4) is 0 Å². The zero-order chi connectivity index (χ0) is 24.3. The number of carbonyl (C=O) groups is 1. The highest BCUT2D eigenvalue weighted by atomic mass is 35.5. The lowest BCUT2D eigenvalue weighted by Gasteiger charge is -2.31. The molecule has 1 aromatic carbocycles. The van der Waals surface area contributed by atoms with Crippen molar-refractivity contribution in [2.24, 2.45) is 0 Å². The topological polar surface area (TPSA) is 73.8 Å². The van der Waals surface area contributed by atoms with E-state index in [1.165, 1.54) is 23.1 Å². The van der Waals surface area contributed by atoms with Crippen LogP contribution in [0.5, 0.6) is 5.75 Å². The molecule has 0 spiro atoms. The second-order valence-electron chi connectivity index (χ2n) is 8.97. The number of anilines is 1. The Balaban J connectivity index is 1.79. The molecule has 0 aliphatic carbocycles. The summed E-state index contributed by atoms with van der Waals surface area (Å²) in [7, 11) is 0. The number of aromatic nitrogens is 2. The fourth-order valence-electron chi connectivity index (χ4n) is 3.72. The van der Waals surface area contributed by atoms with E-state index in [0.29, 0.717) is 18.1 Å². The fourth-order valence-corrected chi connectivity index (χ4v) is 3.91. The number of cyclic esters (lactones) is 1. The second-order valence-corrected chi connectivity index (χ2v) is 9.35. The lowest BCUT2D eigenvalue weighted by Crippen LogP contribution is -2.45. The molecule has 0 saturated carbocycles. The van der Waals surface area contributed by atoms with E-state index < -0.39 is 18.3 Å². The van der Waals surface area contributed by atoms with Gasteiger partial charge in [0.05, 0.1) is 11.7 Å². The Kier molecular flexibility index (Phi) is 7.74. The Bertz CT molecular complexity index is 969. The van der Waals surface area contributed by atoms with Crippen LogP contribution in [0.15, 0.2) is 30.3 Å². The molecular weight excluding hydrogens is 456 g/mol. The number of nitrogens with zero attached hydrogens (tertiary/aromatic N) is 3. The van der Waals surface area contributed by atoms with E-state index in [1.807, 2.05) is 34.6 Å². The largest absolute Gasteiger partial charge is 0.447 e. The summed E-state index contributed by atoms with van der Waals surface area (Å²) in [6.07, 6.45) is -0.404. The van der Waals surface area contributed by atoms with Gasteiger partial charge >= 0.3 is 12.7 Å². The summed E-state index contributed by atoms with van der Waals surface area (Å²) < 4.78 is 40.4. The van der Waals surface area contributed by atoms with Crippen molar-refractivity contribution >= 4 is 23.5 Å². The molecule has 0 unspecified atom stereocenters. The summed E-state index contributed by atoms with van der Waals surface area (Å²) in [5, 5.41) is 0.200. The minimum atomic E-state index is -2.87. The minimum Gasteiger partial charge on any atom is -0.447 e. The Morgan fingerprint density at radius 3 is 2.48 bits per heavy atom. The van der Waals surface area contributed by atoms with Gasteiger partial charge in [0.15, 0.2) is 0 Å². The molecule has 1 fully saturated rings. The average molecular weight is 484 g/mol. The van der Waals surface area contributed by atoms with Gasteiger partial charge in [-0.1, -0.05) is 30.7 Å². The molecule has 3 rings (SSSR count). The molecule has 7 nitrogen and oxygen atoms in total. The molecule has 1 aliphatic rings. The van der Waals surface area contributed by atoms with Gasteiger partial charge in [0.25, 0.3) is 0 Å². The zero-order valence-corrected chi connectivity index (χ0v) is 20.0. The maximum atomic E-state index is 12.5.